The number of benzene rings is 2. The van der Waals surface area contributed by atoms with Crippen LogP contribution in [0.5, 0.6) is 0 Å². The number of carbonyl (C=O) groups is 3. The van der Waals surface area contributed by atoms with Gasteiger partial charge in [0.05, 0.1) is 6.42 Å². The second-order valence-corrected chi connectivity index (χ2v) is 5.96. The Labute approximate surface area is 149 Å². The van der Waals surface area contributed by atoms with E-state index in [4.69, 9.17) is 14.9 Å². The molecule has 2 aromatic rings. The lowest BCUT2D eigenvalue weighted by Crippen LogP contribution is -2.42. The van der Waals surface area contributed by atoms with Crippen molar-refractivity contribution < 1.29 is 29.3 Å². The highest BCUT2D eigenvalue weighted by Gasteiger charge is 2.30. The first-order valence-electron chi connectivity index (χ1n) is 8.03. The second kappa shape index (κ2) is 7.26. The Hall–Kier alpha value is -3.35. The van der Waals surface area contributed by atoms with Crippen molar-refractivity contribution in [1.29, 1.82) is 0 Å². The van der Waals surface area contributed by atoms with Gasteiger partial charge in [-0.05, 0) is 22.3 Å². The van der Waals surface area contributed by atoms with Gasteiger partial charge in [0, 0.05) is 5.92 Å². The number of carbonyl (C=O) groups excluding carboxylic acids is 1. The molecule has 134 valence electrons. The largest absolute Gasteiger partial charge is 0.481 e. The van der Waals surface area contributed by atoms with Gasteiger partial charge in [0.1, 0.15) is 12.6 Å². The second-order valence-electron chi connectivity index (χ2n) is 5.96. The number of aliphatic carboxylic acids is 2. The number of alkyl carbamates (subject to hydrolysis) is 1. The zero-order chi connectivity index (χ0) is 18.7. The third-order valence-electron chi connectivity index (χ3n) is 4.31. The fourth-order valence-electron chi connectivity index (χ4n) is 3.16. The highest BCUT2D eigenvalue weighted by Crippen LogP contribution is 2.44. The molecule has 7 nitrogen and oxygen atoms in total. The summed E-state index contributed by atoms with van der Waals surface area (Å²) in [6.45, 7) is 0.0271. The van der Waals surface area contributed by atoms with Crippen LogP contribution in [0.2, 0.25) is 0 Å². The van der Waals surface area contributed by atoms with Gasteiger partial charge in [0.15, 0.2) is 0 Å². The van der Waals surface area contributed by atoms with Crippen LogP contribution in [0.25, 0.3) is 11.1 Å². The van der Waals surface area contributed by atoms with E-state index in [0.717, 1.165) is 22.3 Å². The van der Waals surface area contributed by atoms with E-state index in [9.17, 15) is 14.4 Å². The number of amides is 1. The molecule has 0 aromatic heterocycles. The molecule has 1 amide bonds. The summed E-state index contributed by atoms with van der Waals surface area (Å²) in [7, 11) is 0. The Morgan fingerprint density at radius 2 is 1.50 bits per heavy atom. The van der Waals surface area contributed by atoms with Crippen LogP contribution in [-0.2, 0) is 14.3 Å². The summed E-state index contributed by atoms with van der Waals surface area (Å²) < 4.78 is 5.20. The molecule has 0 heterocycles. The number of rotatable bonds is 6. The van der Waals surface area contributed by atoms with Crippen molar-refractivity contribution in [3.05, 3.63) is 59.7 Å². The Kier molecular flexibility index (Phi) is 4.88. The van der Waals surface area contributed by atoms with Gasteiger partial charge in [-0.25, -0.2) is 9.59 Å². The van der Waals surface area contributed by atoms with Crippen LogP contribution in [0.15, 0.2) is 48.5 Å². The Bertz CT molecular complexity index is 817. The molecule has 1 aliphatic rings. The molecule has 1 atom stereocenters. The molecule has 0 saturated heterocycles. The van der Waals surface area contributed by atoms with Crippen molar-refractivity contribution in [3.8, 4) is 11.1 Å². The highest BCUT2D eigenvalue weighted by atomic mass is 16.5. The maximum absolute atomic E-state index is 11.9. The van der Waals surface area contributed by atoms with Crippen molar-refractivity contribution >= 4 is 18.0 Å². The zero-order valence-corrected chi connectivity index (χ0v) is 13.7. The summed E-state index contributed by atoms with van der Waals surface area (Å²) in [4.78, 5) is 33.6. The van der Waals surface area contributed by atoms with Gasteiger partial charge in [-0.1, -0.05) is 48.5 Å². The van der Waals surface area contributed by atoms with Gasteiger partial charge >= 0.3 is 18.0 Å². The van der Waals surface area contributed by atoms with Crippen LogP contribution in [0, 0.1) is 0 Å². The van der Waals surface area contributed by atoms with E-state index in [-0.39, 0.29) is 12.5 Å². The van der Waals surface area contributed by atoms with E-state index in [1.165, 1.54) is 0 Å². The van der Waals surface area contributed by atoms with E-state index < -0.39 is 30.5 Å². The number of hydrogen-bond donors (Lipinski definition) is 3. The normalized spacial score (nSPS) is 13.4. The lowest BCUT2D eigenvalue weighted by molar-refractivity contribution is -0.145. The lowest BCUT2D eigenvalue weighted by Gasteiger charge is -2.16. The molecule has 0 bridgehead atoms. The van der Waals surface area contributed by atoms with Gasteiger partial charge in [-0.3, -0.25) is 4.79 Å². The number of hydrogen-bond acceptors (Lipinski definition) is 4. The van der Waals surface area contributed by atoms with Gasteiger partial charge in [0.25, 0.3) is 0 Å². The van der Waals surface area contributed by atoms with Gasteiger partial charge in [-0.2, -0.15) is 0 Å². The Balaban J connectivity index is 1.71. The monoisotopic (exact) mass is 355 g/mol. The highest BCUT2D eigenvalue weighted by molar-refractivity contribution is 5.84. The number of ether oxygens (including phenoxy) is 1. The van der Waals surface area contributed by atoms with Gasteiger partial charge < -0.3 is 20.3 Å². The zero-order valence-electron chi connectivity index (χ0n) is 13.7. The molecule has 0 fully saturated rings. The van der Waals surface area contributed by atoms with Crippen molar-refractivity contribution in [2.75, 3.05) is 6.61 Å². The summed E-state index contributed by atoms with van der Waals surface area (Å²) in [6.07, 6.45) is -1.68. The smallest absolute Gasteiger partial charge is 0.407 e. The predicted octanol–water partition coefficient (Wildman–Crippen LogP) is 2.45. The van der Waals surface area contributed by atoms with Crippen molar-refractivity contribution in [3.63, 3.8) is 0 Å². The maximum atomic E-state index is 11.9. The fourth-order valence-corrected chi connectivity index (χ4v) is 3.16. The van der Waals surface area contributed by atoms with Crippen LogP contribution in [0.1, 0.15) is 23.5 Å². The van der Waals surface area contributed by atoms with E-state index >= 15 is 0 Å². The quantitative estimate of drug-likeness (QED) is 0.734. The number of carboxylic acid groups (broad SMARTS) is 2. The number of nitrogens with one attached hydrogen (secondary N) is 1. The predicted molar refractivity (Wildman–Crippen MR) is 91.9 cm³/mol. The minimum Gasteiger partial charge on any atom is -0.481 e. The molecule has 0 radical (unpaired) electrons. The summed E-state index contributed by atoms with van der Waals surface area (Å²) in [5.41, 5.74) is 4.21. The van der Waals surface area contributed by atoms with E-state index in [2.05, 4.69) is 5.32 Å². The molecule has 3 rings (SSSR count). The van der Waals surface area contributed by atoms with Crippen LogP contribution in [0.3, 0.4) is 0 Å². The molecule has 0 saturated carbocycles. The van der Waals surface area contributed by atoms with Gasteiger partial charge in [0.2, 0.25) is 0 Å². The van der Waals surface area contributed by atoms with Crippen molar-refractivity contribution in [2.45, 2.75) is 18.4 Å². The molecule has 1 unspecified atom stereocenters. The topological polar surface area (TPSA) is 113 Å². The SMILES string of the molecule is O=C(O)CC(NC(=O)OCC1c2ccccc2-c2ccccc21)C(=O)O. The molecule has 0 aliphatic heterocycles. The standard InChI is InChI=1S/C19H17NO6/c21-17(22)9-16(18(23)24)20-19(25)26-10-15-13-7-3-1-5-11(13)12-6-2-4-8-14(12)15/h1-8,15-16H,9-10H2,(H,20,25)(H,21,22)(H,23,24). The molecule has 26 heavy (non-hydrogen) atoms. The molecule has 1 aliphatic carbocycles. The molecule has 7 heteroatoms. The van der Waals surface area contributed by atoms with Crippen LogP contribution >= 0.6 is 0 Å². The summed E-state index contributed by atoms with van der Waals surface area (Å²) in [5, 5.41) is 19.8. The van der Waals surface area contributed by atoms with E-state index in [1.54, 1.807) is 0 Å². The Morgan fingerprint density at radius 1 is 0.962 bits per heavy atom. The summed E-state index contributed by atoms with van der Waals surface area (Å²) in [5.74, 6) is -2.91. The van der Waals surface area contributed by atoms with Crippen LogP contribution in [-0.4, -0.2) is 40.9 Å². The number of carboxylic acids is 2. The third-order valence-corrected chi connectivity index (χ3v) is 4.31. The lowest BCUT2D eigenvalue weighted by atomic mass is 9.98. The first-order chi connectivity index (χ1) is 12.5. The average Bonchev–Trinajstić information content (AvgIpc) is 2.93. The molecule has 3 N–H and O–H groups in total. The minimum atomic E-state index is -1.54. The molecule has 0 spiro atoms. The number of fused-ring (bicyclic) bond motifs is 3. The summed E-state index contributed by atoms with van der Waals surface area (Å²) >= 11 is 0. The molecular formula is C19H17NO6. The van der Waals surface area contributed by atoms with E-state index in [0.29, 0.717) is 0 Å². The first-order valence-corrected chi connectivity index (χ1v) is 8.03. The molecule has 2 aromatic carbocycles. The van der Waals surface area contributed by atoms with Crippen LogP contribution in [0.4, 0.5) is 4.79 Å². The van der Waals surface area contributed by atoms with Crippen LogP contribution < -0.4 is 5.32 Å². The molecular weight excluding hydrogens is 338 g/mol. The van der Waals surface area contributed by atoms with E-state index in [1.807, 2.05) is 48.5 Å². The fraction of sp³-hybridized carbons (Fsp3) is 0.211. The summed E-state index contributed by atoms with van der Waals surface area (Å²) in [6, 6.07) is 14.1. The van der Waals surface area contributed by atoms with Crippen molar-refractivity contribution in [1.82, 2.24) is 5.32 Å². The first kappa shape index (κ1) is 17.5. The average molecular weight is 355 g/mol. The maximum Gasteiger partial charge on any atom is 0.407 e. The minimum absolute atomic E-state index is 0.0271. The van der Waals surface area contributed by atoms with Gasteiger partial charge in [-0.15, -0.1) is 0 Å². The third kappa shape index (κ3) is 3.51. The Morgan fingerprint density at radius 3 is 2.00 bits per heavy atom. The van der Waals surface area contributed by atoms with Crippen molar-refractivity contribution in [2.24, 2.45) is 0 Å².